The molecule has 0 heterocycles. The summed E-state index contributed by atoms with van der Waals surface area (Å²) in [5.74, 6) is 6.68. The zero-order valence-electron chi connectivity index (χ0n) is 15.0. The summed E-state index contributed by atoms with van der Waals surface area (Å²) in [5, 5.41) is 0. The van der Waals surface area contributed by atoms with Gasteiger partial charge in [-0.15, -0.1) is 0 Å². The maximum absolute atomic E-state index is 12.1. The van der Waals surface area contributed by atoms with Gasteiger partial charge in [0.2, 0.25) is 0 Å². The largest absolute Gasteiger partial charge is 0.469 e. The minimum Gasteiger partial charge on any atom is -0.469 e. The van der Waals surface area contributed by atoms with E-state index in [1.165, 1.54) is 39.2 Å². The van der Waals surface area contributed by atoms with Crippen LogP contribution in [0.25, 0.3) is 0 Å². The van der Waals surface area contributed by atoms with Gasteiger partial charge in [0.05, 0.1) is 12.5 Å². The third kappa shape index (κ3) is 1.98. The molecular formula is C22H30O2. The lowest BCUT2D eigenvalue weighted by Gasteiger charge is -2.41. The highest BCUT2D eigenvalue weighted by Crippen LogP contribution is 2.70. The van der Waals surface area contributed by atoms with Crippen LogP contribution in [-0.4, -0.2) is 13.1 Å². The van der Waals surface area contributed by atoms with Gasteiger partial charge in [0, 0.05) is 0 Å². The third-order valence-electron chi connectivity index (χ3n) is 8.47. The van der Waals surface area contributed by atoms with E-state index >= 15 is 0 Å². The molecular weight excluding hydrogens is 296 g/mol. The van der Waals surface area contributed by atoms with Gasteiger partial charge < -0.3 is 4.74 Å². The zero-order chi connectivity index (χ0) is 16.5. The first-order valence-electron chi connectivity index (χ1n) is 10.0. The molecule has 0 spiro atoms. The van der Waals surface area contributed by atoms with Crippen LogP contribution >= 0.6 is 0 Å². The number of methoxy groups -OCH3 is 1. The number of carbonyl (C=O) groups excluding carboxylic acids is 1. The summed E-state index contributed by atoms with van der Waals surface area (Å²) in [6.45, 7) is 2.15. The molecule has 0 radical (unpaired) electrons. The predicted octanol–water partition coefficient (Wildman–Crippen LogP) is 4.62. The van der Waals surface area contributed by atoms with Gasteiger partial charge in [0.25, 0.3) is 0 Å². The number of hydrogen-bond donors (Lipinski definition) is 0. The quantitative estimate of drug-likeness (QED) is 0.399. The Balaban J connectivity index is 0.000000155. The average molecular weight is 326 g/mol. The fourth-order valence-corrected chi connectivity index (χ4v) is 7.55. The Bertz CT molecular complexity index is 593. The number of hydrogen-bond acceptors (Lipinski definition) is 2. The zero-order valence-corrected chi connectivity index (χ0v) is 15.0. The van der Waals surface area contributed by atoms with Crippen LogP contribution < -0.4 is 0 Å². The summed E-state index contributed by atoms with van der Waals surface area (Å²) in [6.07, 6.45) is 17.8. The molecule has 0 amide bonds. The van der Waals surface area contributed by atoms with Gasteiger partial charge in [0.15, 0.2) is 0 Å². The Kier molecular flexibility index (Phi) is 3.31. The van der Waals surface area contributed by atoms with E-state index < -0.39 is 0 Å². The van der Waals surface area contributed by atoms with E-state index in [1.54, 1.807) is 0 Å². The molecule has 2 nitrogen and oxygen atoms in total. The predicted molar refractivity (Wildman–Crippen MR) is 94.0 cm³/mol. The van der Waals surface area contributed by atoms with Crippen molar-refractivity contribution in [2.45, 2.75) is 45.4 Å². The van der Waals surface area contributed by atoms with Gasteiger partial charge in [-0.25, -0.2) is 0 Å². The van der Waals surface area contributed by atoms with E-state index in [0.29, 0.717) is 5.92 Å². The standard InChI is InChI=1S/C15H20O2.C7H10/c1-15(14(16)17-2)7-10-6-11(15)13-9-4-3-8(5-9)12(10)13;1-2-7-4-3-6(1)5-7/h3-4,8-13H,5-7H2,1-2H3;1-2,6-7H,3-5H2. The molecule has 4 saturated carbocycles. The lowest BCUT2D eigenvalue weighted by Crippen LogP contribution is -2.42. The topological polar surface area (TPSA) is 26.3 Å². The van der Waals surface area contributed by atoms with Crippen molar-refractivity contribution >= 4 is 5.97 Å². The van der Waals surface area contributed by atoms with Crippen molar-refractivity contribution in [3.63, 3.8) is 0 Å². The van der Waals surface area contributed by atoms with Gasteiger partial charge in [-0.05, 0) is 92.8 Å². The normalized spacial score (nSPS) is 54.1. The second kappa shape index (κ2) is 5.22. The van der Waals surface area contributed by atoms with E-state index in [1.807, 2.05) is 0 Å². The summed E-state index contributed by atoms with van der Waals surface area (Å²) < 4.78 is 5.06. The molecule has 6 rings (SSSR count). The van der Waals surface area contributed by atoms with Crippen molar-refractivity contribution in [1.29, 1.82) is 0 Å². The van der Waals surface area contributed by atoms with E-state index in [4.69, 9.17) is 4.74 Å². The fourth-order valence-electron chi connectivity index (χ4n) is 7.55. The summed E-state index contributed by atoms with van der Waals surface area (Å²) in [7, 11) is 1.54. The number of rotatable bonds is 1. The molecule has 0 aromatic rings. The number of ether oxygens (including phenoxy) is 1. The highest BCUT2D eigenvalue weighted by atomic mass is 16.5. The molecule has 2 heteroatoms. The Morgan fingerprint density at radius 1 is 0.958 bits per heavy atom. The highest BCUT2D eigenvalue weighted by molar-refractivity contribution is 5.77. The molecule has 0 saturated heterocycles. The maximum Gasteiger partial charge on any atom is 0.311 e. The molecule has 6 aliphatic rings. The molecule has 0 aromatic heterocycles. The maximum atomic E-state index is 12.1. The first-order chi connectivity index (χ1) is 11.6. The van der Waals surface area contributed by atoms with Gasteiger partial charge >= 0.3 is 5.97 Å². The minimum atomic E-state index is -0.182. The molecule has 0 aliphatic heterocycles. The average Bonchev–Trinajstić information content (AvgIpc) is 3.41. The Hall–Kier alpha value is -1.05. The van der Waals surface area contributed by atoms with Crippen molar-refractivity contribution in [3.05, 3.63) is 24.3 Å². The summed E-state index contributed by atoms with van der Waals surface area (Å²) >= 11 is 0. The number of carbonyl (C=O) groups is 1. The number of fused-ring (bicyclic) bond motifs is 11. The molecule has 0 N–H and O–H groups in total. The Morgan fingerprint density at radius 2 is 1.62 bits per heavy atom. The third-order valence-corrected chi connectivity index (χ3v) is 8.47. The van der Waals surface area contributed by atoms with Crippen LogP contribution in [0.1, 0.15) is 45.4 Å². The first-order valence-corrected chi connectivity index (χ1v) is 10.0. The van der Waals surface area contributed by atoms with Crippen LogP contribution in [0.15, 0.2) is 24.3 Å². The molecule has 6 aliphatic carbocycles. The van der Waals surface area contributed by atoms with Crippen molar-refractivity contribution in [1.82, 2.24) is 0 Å². The van der Waals surface area contributed by atoms with Crippen LogP contribution in [0.4, 0.5) is 0 Å². The smallest absolute Gasteiger partial charge is 0.311 e. The summed E-state index contributed by atoms with van der Waals surface area (Å²) in [4.78, 5) is 12.1. The first kappa shape index (κ1) is 15.2. The van der Waals surface area contributed by atoms with E-state index in [-0.39, 0.29) is 11.4 Å². The van der Waals surface area contributed by atoms with Crippen molar-refractivity contribution < 1.29 is 9.53 Å². The van der Waals surface area contributed by atoms with Crippen LogP contribution in [-0.2, 0) is 9.53 Å². The van der Waals surface area contributed by atoms with Crippen molar-refractivity contribution in [2.75, 3.05) is 7.11 Å². The lowest BCUT2D eigenvalue weighted by molar-refractivity contribution is -0.157. The molecule has 24 heavy (non-hydrogen) atoms. The lowest BCUT2D eigenvalue weighted by atomic mass is 9.63. The highest BCUT2D eigenvalue weighted by Gasteiger charge is 2.66. The van der Waals surface area contributed by atoms with Crippen molar-refractivity contribution in [2.24, 2.45) is 52.8 Å². The van der Waals surface area contributed by atoms with Gasteiger partial charge in [-0.2, -0.15) is 0 Å². The molecule has 9 atom stereocenters. The Morgan fingerprint density at radius 3 is 2.17 bits per heavy atom. The number of allylic oxidation sites excluding steroid dienone is 4. The molecule has 0 aromatic carbocycles. The fraction of sp³-hybridized carbons (Fsp3) is 0.773. The second-order valence-corrected chi connectivity index (χ2v) is 9.54. The number of esters is 1. The van der Waals surface area contributed by atoms with Crippen LogP contribution in [0.3, 0.4) is 0 Å². The van der Waals surface area contributed by atoms with Gasteiger partial charge in [-0.1, -0.05) is 24.3 Å². The monoisotopic (exact) mass is 326 g/mol. The molecule has 4 fully saturated rings. The Labute approximate surface area is 145 Å². The molecule has 6 bridgehead atoms. The van der Waals surface area contributed by atoms with Crippen LogP contribution in [0.2, 0.25) is 0 Å². The SMILES string of the molecule is C1=CC2CCC1C2.COC(=O)C1(C)CC2CC1C1C3C=CC(C3)C21. The van der Waals surface area contributed by atoms with E-state index in [0.717, 1.165) is 47.8 Å². The van der Waals surface area contributed by atoms with Crippen LogP contribution in [0, 0.1) is 52.8 Å². The van der Waals surface area contributed by atoms with E-state index in [9.17, 15) is 4.79 Å². The summed E-state index contributed by atoms with van der Waals surface area (Å²) in [5.41, 5.74) is -0.182. The summed E-state index contributed by atoms with van der Waals surface area (Å²) in [6, 6.07) is 0. The van der Waals surface area contributed by atoms with E-state index in [2.05, 4.69) is 31.2 Å². The van der Waals surface area contributed by atoms with Crippen LogP contribution in [0.5, 0.6) is 0 Å². The minimum absolute atomic E-state index is 0.0372. The second-order valence-electron chi connectivity index (χ2n) is 9.54. The van der Waals surface area contributed by atoms with Crippen molar-refractivity contribution in [3.8, 4) is 0 Å². The van der Waals surface area contributed by atoms with Gasteiger partial charge in [0.1, 0.15) is 0 Å². The van der Waals surface area contributed by atoms with Gasteiger partial charge in [-0.3, -0.25) is 4.79 Å². The molecule has 9 unspecified atom stereocenters. The molecule has 130 valence electrons.